The molecule has 5 amide bonds. The molecule has 0 radical (unpaired) electrons. The number of hydrogen-bond donors (Lipinski definition) is 7. The fraction of sp³-hybridized carbons (Fsp3) is 0.696. The van der Waals surface area contributed by atoms with Crippen LogP contribution in [0.25, 0.3) is 0 Å². The Morgan fingerprint density at radius 1 is 0.543 bits per heavy atom. The molecule has 7 N–H and O–H groups in total. The van der Waals surface area contributed by atoms with E-state index in [9.17, 15) is 68.1 Å². The minimum Gasteiger partial charge on any atom is -0.400 e. The molecule has 25 heteroatoms. The van der Waals surface area contributed by atoms with Crippen molar-refractivity contribution in [2.45, 2.75) is 137 Å². The van der Waals surface area contributed by atoms with Crippen molar-refractivity contribution < 1.29 is 78.0 Å². The minimum absolute atomic E-state index is 0.000752. The second-order valence-electron chi connectivity index (χ2n) is 19.6. The monoisotopic (exact) mass is 1260 g/mol. The van der Waals surface area contributed by atoms with Gasteiger partial charge in [0.05, 0.1) is 33.3 Å². The molecule has 0 spiro atoms. The first-order valence-corrected chi connectivity index (χ1v) is 35.9. The molecule has 462 valence electrons. The number of aliphatic carboxylic acids is 3. The number of nitrogens with zero attached hydrogens (tertiary/aromatic N) is 5. The summed E-state index contributed by atoms with van der Waals surface area (Å²) in [5.74, 6) is -5.10. The van der Waals surface area contributed by atoms with Crippen LogP contribution in [0.15, 0.2) is 24.3 Å². The molecule has 0 aliphatic carbocycles. The largest absolute Gasteiger partial charge is 0.400 e. The maximum atomic E-state index is 13.5. The van der Waals surface area contributed by atoms with Crippen molar-refractivity contribution in [3.05, 3.63) is 29.8 Å². The number of carbonyl (C=O) groups is 11. The summed E-state index contributed by atoms with van der Waals surface area (Å²) in [4.78, 5) is 139. The van der Waals surface area contributed by atoms with Crippen molar-refractivity contribution in [1.29, 1.82) is 0 Å². The molecule has 1 rings (SSSR count). The van der Waals surface area contributed by atoms with Gasteiger partial charge in [-0.25, -0.2) is 5.06 Å². The van der Waals surface area contributed by atoms with Crippen molar-refractivity contribution in [3.63, 3.8) is 0 Å². The van der Waals surface area contributed by atoms with Crippen LogP contribution in [-0.4, -0.2) is 243 Å². The van der Waals surface area contributed by atoms with Gasteiger partial charge in [0.1, 0.15) is 18.9 Å². The van der Waals surface area contributed by atoms with E-state index >= 15 is 0 Å². The summed E-state index contributed by atoms with van der Waals surface area (Å²) in [7, 11) is 3.91. The molecule has 81 heavy (non-hydrogen) atoms. The Balaban J connectivity index is 0. The second-order valence-corrected chi connectivity index (χ2v) is 32.9. The number of carboxylic acids is 3. The summed E-state index contributed by atoms with van der Waals surface area (Å²) in [6, 6.07) is 8.21. The number of carboxylic acid groups (broad SMARTS) is 3. The molecule has 24 nitrogen and oxygen atoms in total. The zero-order chi connectivity index (χ0) is 61.3. The zero-order valence-corrected chi connectivity index (χ0v) is 52.2. The third-order valence-electron chi connectivity index (χ3n) is 13.1. The van der Waals surface area contributed by atoms with E-state index in [0.29, 0.717) is 89.1 Å². The number of aldehydes is 3. The summed E-state index contributed by atoms with van der Waals surface area (Å²) in [5.41, 5.74) is 0.635. The molecule has 0 aliphatic rings. The van der Waals surface area contributed by atoms with Crippen molar-refractivity contribution in [2.75, 3.05) is 113 Å². The molecule has 0 unspecified atom stereocenters. The van der Waals surface area contributed by atoms with Gasteiger partial charge in [0.15, 0.2) is 0 Å². The van der Waals surface area contributed by atoms with E-state index in [1.54, 1.807) is 4.90 Å². The maximum Gasteiger partial charge on any atom is 0.246 e. The third kappa shape index (κ3) is 39.6. The predicted molar refractivity (Wildman–Crippen MR) is 310 cm³/mol. The van der Waals surface area contributed by atoms with E-state index in [-0.39, 0.29) is 76.4 Å². The molecule has 0 saturated heterocycles. The molecule has 0 aliphatic heterocycles. The number of amides is 5. The summed E-state index contributed by atoms with van der Waals surface area (Å²) >= 11 is -2.76. The first-order chi connectivity index (χ1) is 38.8. The van der Waals surface area contributed by atoms with Crippen LogP contribution in [-0.2, 0) is 52.8 Å². The molecule has 0 aromatic heterocycles. The molecule has 0 heterocycles. The first-order valence-electron chi connectivity index (χ1n) is 28.4. The van der Waals surface area contributed by atoms with Gasteiger partial charge in [-0.15, -0.1) is 0 Å². The number of hydrogen-bond acceptors (Lipinski definition) is 16. The number of rotatable bonds is 48. The van der Waals surface area contributed by atoms with Crippen LogP contribution in [0.5, 0.6) is 0 Å². The van der Waals surface area contributed by atoms with Crippen LogP contribution in [0.4, 0.5) is 0 Å². The van der Waals surface area contributed by atoms with E-state index in [1.807, 2.05) is 12.1 Å². The van der Waals surface area contributed by atoms with E-state index in [4.69, 9.17) is 5.11 Å². The van der Waals surface area contributed by atoms with Gasteiger partial charge in [0.25, 0.3) is 0 Å². The average Bonchev–Trinajstić information content (AvgIpc) is 3.45. The molecule has 0 atom stereocenters. The molecular weight excluding hydrogens is 1160 g/mol. The quantitative estimate of drug-likeness (QED) is 0.0213. The van der Waals surface area contributed by atoms with Crippen LogP contribution in [0, 0.1) is 0 Å². The van der Waals surface area contributed by atoms with Crippen molar-refractivity contribution in [3.8, 4) is 0 Å². The average molecular weight is 1260 g/mol. The Bertz CT molecular complexity index is 1960. The van der Waals surface area contributed by atoms with Crippen molar-refractivity contribution in [1.82, 2.24) is 40.6 Å². The van der Waals surface area contributed by atoms with E-state index in [2.05, 4.69) is 53.7 Å². The smallest absolute Gasteiger partial charge is 0.246 e. The SMILES string of the molecule is CCC[CH2][Sn]([CH2]CCC)([CH2]CCC)[c]1cccc(C(=O)NCCCCN(CC(=O)O)C(=O)CN(CCN(CC=O)CCN(CC(=O)O)CC(=O)NCCCCNC(=O)CCCCC=O)CC(=O)O)c1.CO.CON(C)C(=O)CCC=O. The fourth-order valence-electron chi connectivity index (χ4n) is 8.61. The Morgan fingerprint density at radius 2 is 1.05 bits per heavy atom. The van der Waals surface area contributed by atoms with Gasteiger partial charge >= 0.3 is 213 Å². The predicted octanol–water partition coefficient (Wildman–Crippen LogP) is 2.81. The van der Waals surface area contributed by atoms with E-state index in [0.717, 1.165) is 42.6 Å². The number of hydroxylamine groups is 2. The number of unbranched alkanes of at least 4 members (excludes halogenated alkanes) is 7. The normalized spacial score (nSPS) is 10.9. The van der Waals surface area contributed by atoms with Gasteiger partial charge in [0.2, 0.25) is 17.7 Å². The van der Waals surface area contributed by atoms with Crippen LogP contribution < -0.4 is 19.5 Å². The van der Waals surface area contributed by atoms with Crippen LogP contribution in [0.1, 0.15) is 134 Å². The van der Waals surface area contributed by atoms with Crippen molar-refractivity contribution in [2.24, 2.45) is 0 Å². The Kier molecular flexibility index (Phi) is 48.2. The van der Waals surface area contributed by atoms with Gasteiger partial charge < -0.3 is 45.4 Å². The topological polar surface area (TPSA) is 330 Å². The van der Waals surface area contributed by atoms with Gasteiger partial charge in [-0.3, -0.25) is 48.3 Å². The van der Waals surface area contributed by atoms with Gasteiger partial charge in [-0.2, -0.15) is 0 Å². The number of nitrogens with one attached hydrogen (secondary N) is 3. The summed E-state index contributed by atoms with van der Waals surface area (Å²) in [6.45, 7) is 5.78. The number of benzene rings is 1. The van der Waals surface area contributed by atoms with Gasteiger partial charge in [-0.05, 0) is 25.7 Å². The van der Waals surface area contributed by atoms with Gasteiger partial charge in [-0.1, -0.05) is 0 Å². The molecule has 0 saturated carbocycles. The summed E-state index contributed by atoms with van der Waals surface area (Å²) in [6.07, 6.45) is 13.8. The Labute approximate surface area is 484 Å². The maximum absolute atomic E-state index is 13.5. The van der Waals surface area contributed by atoms with E-state index < -0.39 is 74.3 Å². The molecule has 0 fully saturated rings. The Morgan fingerprint density at radius 3 is 1.56 bits per heavy atom. The number of aliphatic hydroxyl groups is 1. The number of aliphatic hydroxyl groups excluding tert-OH is 1. The molecular formula is C56H98N8O16Sn. The zero-order valence-electron chi connectivity index (χ0n) is 49.3. The summed E-state index contributed by atoms with van der Waals surface area (Å²) in [5, 5.41) is 45.4. The standard InChI is InChI=1S/C37H56N7O12.C6H11NO3.3C4H9.CH4O.Sn/c45-23-10-2-5-13-31(47)38-14-6-7-15-39-32(48)25-42(27-34(50)51)20-18-41(22-24-46)19-21-43(28-35(52)53)26-33(49)44(29-36(54)55)17-9-8-16-40-37(56)30-11-3-1-4-12-30;1-7(10-2)6(9)4-3-5-8;3*1-3-4-2;1-2;/h1,3,11-12,23-24H,2,5-10,13-22,25-29H2,(H,38,47)(H,39,48)(H,40,56)(H,50,51)(H,52,53)(H,54,55);5H,3-4H2,1-2H3;3*1,3-4H2,2H3;2H,1H3;. The van der Waals surface area contributed by atoms with Crippen LogP contribution >= 0.6 is 0 Å². The fourth-order valence-corrected chi connectivity index (χ4v) is 24.6. The molecule has 0 bridgehead atoms. The van der Waals surface area contributed by atoms with Gasteiger partial charge in [0, 0.05) is 79.1 Å². The van der Waals surface area contributed by atoms with Crippen molar-refractivity contribution >= 4 is 88.3 Å². The third-order valence-corrected chi connectivity index (χ3v) is 28.8. The Hall–Kier alpha value is -5.41. The van der Waals surface area contributed by atoms with Crippen LogP contribution in [0.2, 0.25) is 13.3 Å². The summed E-state index contributed by atoms with van der Waals surface area (Å²) < 4.78 is 5.27. The van der Waals surface area contributed by atoms with E-state index in [1.165, 1.54) is 60.1 Å². The molecule has 1 aromatic rings. The first kappa shape index (κ1) is 77.7. The number of carbonyl (C=O) groups excluding carboxylic acids is 8. The second kappa shape index (κ2) is 50.3. The minimum atomic E-state index is -2.76. The van der Waals surface area contributed by atoms with Crippen LogP contribution in [0.3, 0.4) is 0 Å². The molecule has 1 aromatic carbocycles.